The molecule has 0 aliphatic carbocycles. The SMILES string of the molecule is Cc1ccc(-c2ccc(C=Nc3ccc(C)c(Cl)c3)o2)c(Br)c1. The van der Waals surface area contributed by atoms with Crippen molar-refractivity contribution in [1.29, 1.82) is 0 Å². The standard InChI is InChI=1S/C19H15BrClNO/c1-12-3-7-16(17(20)9-12)19-8-6-15(23-19)11-22-14-5-4-13(2)18(21)10-14/h3-11H,1-2H3. The van der Waals surface area contributed by atoms with Crippen molar-refractivity contribution < 1.29 is 4.42 Å². The Balaban J connectivity index is 1.84. The van der Waals surface area contributed by atoms with Gasteiger partial charge in [0.15, 0.2) is 0 Å². The minimum absolute atomic E-state index is 0.698. The Morgan fingerprint density at radius 3 is 2.61 bits per heavy atom. The minimum Gasteiger partial charge on any atom is -0.455 e. The molecule has 0 aliphatic rings. The predicted octanol–water partition coefficient (Wildman–Crippen LogP) is 6.73. The van der Waals surface area contributed by atoms with Crippen LogP contribution in [0.4, 0.5) is 5.69 Å². The molecule has 0 unspecified atom stereocenters. The summed E-state index contributed by atoms with van der Waals surface area (Å²) in [6.07, 6.45) is 1.70. The molecule has 23 heavy (non-hydrogen) atoms. The first-order valence-corrected chi connectivity index (χ1v) is 8.36. The molecule has 0 bridgehead atoms. The summed E-state index contributed by atoms with van der Waals surface area (Å²) in [5.74, 6) is 1.50. The highest BCUT2D eigenvalue weighted by molar-refractivity contribution is 9.10. The zero-order chi connectivity index (χ0) is 16.4. The predicted molar refractivity (Wildman–Crippen MR) is 100 cm³/mol. The monoisotopic (exact) mass is 387 g/mol. The smallest absolute Gasteiger partial charge is 0.145 e. The van der Waals surface area contributed by atoms with E-state index >= 15 is 0 Å². The van der Waals surface area contributed by atoms with E-state index in [4.69, 9.17) is 16.0 Å². The zero-order valence-corrected chi connectivity index (χ0v) is 15.1. The molecule has 4 heteroatoms. The van der Waals surface area contributed by atoms with Crippen LogP contribution < -0.4 is 0 Å². The van der Waals surface area contributed by atoms with Crippen molar-refractivity contribution in [3.05, 3.63) is 74.9 Å². The van der Waals surface area contributed by atoms with Crippen molar-refractivity contribution in [3.8, 4) is 11.3 Å². The molecule has 0 N–H and O–H groups in total. The Kier molecular flexibility index (Phi) is 4.69. The van der Waals surface area contributed by atoms with Crippen LogP contribution in [0.25, 0.3) is 11.3 Å². The van der Waals surface area contributed by atoms with Crippen LogP contribution in [0.15, 0.2) is 62.4 Å². The lowest BCUT2D eigenvalue weighted by molar-refractivity contribution is 0.575. The molecule has 0 amide bonds. The van der Waals surface area contributed by atoms with Crippen LogP contribution in [0.3, 0.4) is 0 Å². The van der Waals surface area contributed by atoms with E-state index in [9.17, 15) is 0 Å². The van der Waals surface area contributed by atoms with Gasteiger partial charge in [-0.1, -0.05) is 39.7 Å². The number of aliphatic imine (C=N–C) groups is 1. The Bertz CT molecular complexity index is 883. The number of hydrogen-bond acceptors (Lipinski definition) is 2. The van der Waals surface area contributed by atoms with Crippen molar-refractivity contribution in [2.75, 3.05) is 0 Å². The number of hydrogen-bond donors (Lipinski definition) is 0. The Morgan fingerprint density at radius 2 is 1.87 bits per heavy atom. The number of aryl methyl sites for hydroxylation is 2. The first-order valence-electron chi connectivity index (χ1n) is 7.19. The van der Waals surface area contributed by atoms with Gasteiger partial charge in [0.05, 0.1) is 11.9 Å². The molecule has 0 spiro atoms. The largest absolute Gasteiger partial charge is 0.455 e. The molecule has 1 heterocycles. The van der Waals surface area contributed by atoms with Crippen LogP contribution in [-0.4, -0.2) is 6.21 Å². The number of rotatable bonds is 3. The van der Waals surface area contributed by atoms with E-state index in [2.05, 4.69) is 40.0 Å². The lowest BCUT2D eigenvalue weighted by atomic mass is 10.1. The topological polar surface area (TPSA) is 25.5 Å². The van der Waals surface area contributed by atoms with Gasteiger partial charge in [0.1, 0.15) is 11.5 Å². The molecule has 3 rings (SSSR count). The maximum absolute atomic E-state index is 6.11. The maximum Gasteiger partial charge on any atom is 0.145 e. The molecule has 0 radical (unpaired) electrons. The van der Waals surface area contributed by atoms with Crippen molar-refractivity contribution in [2.45, 2.75) is 13.8 Å². The minimum atomic E-state index is 0.698. The normalized spacial score (nSPS) is 11.3. The highest BCUT2D eigenvalue weighted by atomic mass is 79.9. The third-order valence-electron chi connectivity index (χ3n) is 3.51. The molecule has 0 saturated heterocycles. The molecule has 0 saturated carbocycles. The molecule has 1 aromatic heterocycles. The van der Waals surface area contributed by atoms with Gasteiger partial charge >= 0.3 is 0 Å². The van der Waals surface area contributed by atoms with Gasteiger partial charge < -0.3 is 4.42 Å². The Morgan fingerprint density at radius 1 is 1.04 bits per heavy atom. The average Bonchev–Trinajstić information content (AvgIpc) is 2.97. The number of benzene rings is 2. The zero-order valence-electron chi connectivity index (χ0n) is 12.8. The lowest BCUT2D eigenvalue weighted by Crippen LogP contribution is -1.79. The van der Waals surface area contributed by atoms with Crippen molar-refractivity contribution in [3.63, 3.8) is 0 Å². The third kappa shape index (κ3) is 3.74. The second-order valence-corrected chi connectivity index (χ2v) is 6.64. The number of halogens is 2. The summed E-state index contributed by atoms with van der Waals surface area (Å²) in [7, 11) is 0. The maximum atomic E-state index is 6.11. The molecular formula is C19H15BrClNO. The third-order valence-corrected chi connectivity index (χ3v) is 4.58. The van der Waals surface area contributed by atoms with Crippen molar-refractivity contribution in [1.82, 2.24) is 0 Å². The second-order valence-electron chi connectivity index (χ2n) is 5.38. The summed E-state index contributed by atoms with van der Waals surface area (Å²) < 4.78 is 6.87. The highest BCUT2D eigenvalue weighted by Crippen LogP contribution is 2.30. The van der Waals surface area contributed by atoms with Gasteiger partial charge in [0.2, 0.25) is 0 Å². The fourth-order valence-electron chi connectivity index (χ4n) is 2.19. The molecule has 2 aromatic carbocycles. The van der Waals surface area contributed by atoms with Crippen LogP contribution in [-0.2, 0) is 0 Å². The van der Waals surface area contributed by atoms with E-state index in [0.29, 0.717) is 10.8 Å². The molecule has 0 aliphatic heterocycles. The van der Waals surface area contributed by atoms with Crippen molar-refractivity contribution in [2.24, 2.45) is 4.99 Å². The van der Waals surface area contributed by atoms with E-state index < -0.39 is 0 Å². The second kappa shape index (κ2) is 6.73. The molecular weight excluding hydrogens is 374 g/mol. The summed E-state index contributed by atoms with van der Waals surface area (Å²) in [4.78, 5) is 4.41. The Hall–Kier alpha value is -1.84. The van der Waals surface area contributed by atoms with E-state index in [1.54, 1.807) is 6.21 Å². The summed E-state index contributed by atoms with van der Waals surface area (Å²) in [6.45, 7) is 4.02. The fourth-order valence-corrected chi connectivity index (χ4v) is 3.05. The van der Waals surface area contributed by atoms with Gasteiger partial charge in [-0.05, 0) is 61.4 Å². The van der Waals surface area contributed by atoms with Gasteiger partial charge in [-0.25, -0.2) is 0 Å². The lowest BCUT2D eigenvalue weighted by Gasteiger charge is -2.02. The van der Waals surface area contributed by atoms with Crippen LogP contribution >= 0.6 is 27.5 Å². The molecule has 0 fully saturated rings. The Labute approximate surface area is 149 Å². The van der Waals surface area contributed by atoms with Crippen LogP contribution in [0.1, 0.15) is 16.9 Å². The fraction of sp³-hybridized carbons (Fsp3) is 0.105. The van der Waals surface area contributed by atoms with Gasteiger partial charge in [-0.2, -0.15) is 0 Å². The van der Waals surface area contributed by atoms with Crippen LogP contribution in [0.2, 0.25) is 5.02 Å². The van der Waals surface area contributed by atoms with Gasteiger partial charge in [-0.15, -0.1) is 0 Å². The molecule has 116 valence electrons. The van der Waals surface area contributed by atoms with Crippen LogP contribution in [0, 0.1) is 13.8 Å². The van der Waals surface area contributed by atoms with E-state index in [1.165, 1.54) is 5.56 Å². The number of furan rings is 1. The van der Waals surface area contributed by atoms with Crippen LogP contribution in [0.5, 0.6) is 0 Å². The van der Waals surface area contributed by atoms with Gasteiger partial charge in [0, 0.05) is 15.1 Å². The quantitative estimate of drug-likeness (QED) is 0.457. The number of nitrogens with zero attached hydrogens (tertiary/aromatic N) is 1. The van der Waals surface area contributed by atoms with Crippen molar-refractivity contribution >= 4 is 39.4 Å². The highest BCUT2D eigenvalue weighted by Gasteiger charge is 2.07. The van der Waals surface area contributed by atoms with Gasteiger partial charge in [-0.3, -0.25) is 4.99 Å². The molecule has 0 atom stereocenters. The molecule has 3 aromatic rings. The first-order chi connectivity index (χ1) is 11.0. The molecule has 2 nitrogen and oxygen atoms in total. The summed E-state index contributed by atoms with van der Waals surface area (Å²) in [5, 5.41) is 0.711. The summed E-state index contributed by atoms with van der Waals surface area (Å²) >= 11 is 9.68. The first kappa shape index (κ1) is 16.0. The van der Waals surface area contributed by atoms with E-state index in [0.717, 1.165) is 27.0 Å². The summed E-state index contributed by atoms with van der Waals surface area (Å²) in [6, 6.07) is 15.7. The van der Waals surface area contributed by atoms with E-state index in [-0.39, 0.29) is 0 Å². The average molecular weight is 389 g/mol. The summed E-state index contributed by atoms with van der Waals surface area (Å²) in [5.41, 5.74) is 4.06. The van der Waals surface area contributed by atoms with Gasteiger partial charge in [0.25, 0.3) is 0 Å². The van der Waals surface area contributed by atoms with E-state index in [1.807, 2.05) is 43.3 Å².